The number of aliphatic carboxylic acids is 1. The molecule has 3 unspecified atom stereocenters. The summed E-state index contributed by atoms with van der Waals surface area (Å²) in [6.07, 6.45) is 0.291. The van der Waals surface area contributed by atoms with Crippen molar-refractivity contribution in [1.29, 1.82) is 0 Å². The predicted molar refractivity (Wildman–Crippen MR) is 60.6 cm³/mol. The monoisotopic (exact) mass is 250 g/mol. The lowest BCUT2D eigenvalue weighted by Gasteiger charge is -2.14. The van der Waals surface area contributed by atoms with Crippen molar-refractivity contribution in [1.82, 2.24) is 0 Å². The van der Waals surface area contributed by atoms with E-state index in [1.54, 1.807) is 6.92 Å². The number of ether oxygens (including phenoxy) is 1. The summed E-state index contributed by atoms with van der Waals surface area (Å²) < 4.78 is 16.5. The Labute approximate surface area is 97.6 Å². The normalized spacial score (nSPS) is 16.2. The first kappa shape index (κ1) is 15.1. The SMILES string of the molecule is CCC(C)OC(=O)C(C)S(=O)CCC(=O)O. The molecular formula is C10H18O5S. The fraction of sp³-hybridized carbons (Fsp3) is 0.800. The molecule has 1 N–H and O–H groups in total. The van der Waals surface area contributed by atoms with Crippen LogP contribution in [0.25, 0.3) is 0 Å². The van der Waals surface area contributed by atoms with E-state index in [0.717, 1.165) is 0 Å². The highest BCUT2D eigenvalue weighted by molar-refractivity contribution is 7.86. The molecule has 16 heavy (non-hydrogen) atoms. The van der Waals surface area contributed by atoms with Crippen molar-refractivity contribution in [2.24, 2.45) is 0 Å². The molecule has 5 nitrogen and oxygen atoms in total. The van der Waals surface area contributed by atoms with Crippen molar-refractivity contribution in [2.75, 3.05) is 5.75 Å². The van der Waals surface area contributed by atoms with Crippen molar-refractivity contribution in [2.45, 2.75) is 45.0 Å². The lowest BCUT2D eigenvalue weighted by atomic mass is 10.3. The van der Waals surface area contributed by atoms with Gasteiger partial charge in [0.25, 0.3) is 0 Å². The van der Waals surface area contributed by atoms with Crippen molar-refractivity contribution in [3.8, 4) is 0 Å². The van der Waals surface area contributed by atoms with Crippen LogP contribution in [0.2, 0.25) is 0 Å². The van der Waals surface area contributed by atoms with E-state index in [2.05, 4.69) is 0 Å². The Hall–Kier alpha value is -0.910. The number of carbonyl (C=O) groups is 2. The van der Waals surface area contributed by atoms with Crippen LogP contribution in [0.3, 0.4) is 0 Å². The summed E-state index contributed by atoms with van der Waals surface area (Å²) in [5, 5.41) is 7.65. The minimum atomic E-state index is -1.49. The quantitative estimate of drug-likeness (QED) is 0.680. The third-order valence-electron chi connectivity index (χ3n) is 2.14. The Morgan fingerprint density at radius 2 is 1.94 bits per heavy atom. The molecule has 0 aliphatic heterocycles. The molecule has 0 fully saturated rings. The van der Waals surface area contributed by atoms with E-state index in [9.17, 15) is 13.8 Å². The molecule has 0 radical (unpaired) electrons. The summed E-state index contributed by atoms with van der Waals surface area (Å²) in [7, 11) is -1.49. The van der Waals surface area contributed by atoms with Gasteiger partial charge in [-0.3, -0.25) is 13.8 Å². The van der Waals surface area contributed by atoms with E-state index in [1.807, 2.05) is 6.92 Å². The van der Waals surface area contributed by atoms with Gasteiger partial charge in [0.1, 0.15) is 5.25 Å². The van der Waals surface area contributed by atoms with E-state index in [0.29, 0.717) is 6.42 Å². The zero-order chi connectivity index (χ0) is 12.7. The molecular weight excluding hydrogens is 232 g/mol. The van der Waals surface area contributed by atoms with Crippen molar-refractivity contribution in [3.63, 3.8) is 0 Å². The van der Waals surface area contributed by atoms with Gasteiger partial charge >= 0.3 is 11.9 Å². The fourth-order valence-electron chi connectivity index (χ4n) is 0.849. The molecule has 6 heteroatoms. The molecule has 3 atom stereocenters. The second-order valence-electron chi connectivity index (χ2n) is 3.53. The molecule has 0 amide bonds. The van der Waals surface area contributed by atoms with E-state index >= 15 is 0 Å². The van der Waals surface area contributed by atoms with Crippen LogP contribution < -0.4 is 0 Å². The van der Waals surface area contributed by atoms with E-state index in [-0.39, 0.29) is 18.3 Å². The van der Waals surface area contributed by atoms with Crippen molar-refractivity contribution in [3.05, 3.63) is 0 Å². The number of hydrogen-bond donors (Lipinski definition) is 1. The molecule has 0 aliphatic rings. The Kier molecular flexibility index (Phi) is 6.96. The highest BCUT2D eigenvalue weighted by atomic mass is 32.2. The maximum atomic E-state index is 11.5. The molecule has 0 aliphatic carbocycles. The average Bonchev–Trinajstić information content (AvgIpc) is 2.24. The molecule has 0 aromatic rings. The second kappa shape index (κ2) is 7.38. The van der Waals surface area contributed by atoms with E-state index in [4.69, 9.17) is 9.84 Å². The molecule has 94 valence electrons. The van der Waals surface area contributed by atoms with E-state index in [1.165, 1.54) is 6.92 Å². The Bertz CT molecular complexity index is 276. The molecule has 0 bridgehead atoms. The minimum absolute atomic E-state index is 0.0217. The van der Waals surface area contributed by atoms with Crippen LogP contribution in [0.1, 0.15) is 33.6 Å². The summed E-state index contributed by atoms with van der Waals surface area (Å²) in [5.74, 6) is -1.57. The first-order chi connectivity index (χ1) is 7.38. The van der Waals surface area contributed by atoms with Gasteiger partial charge in [0.15, 0.2) is 0 Å². The number of rotatable bonds is 7. The van der Waals surface area contributed by atoms with Crippen LogP contribution in [0, 0.1) is 0 Å². The van der Waals surface area contributed by atoms with Gasteiger partial charge in [0.2, 0.25) is 0 Å². The summed E-state index contributed by atoms with van der Waals surface area (Å²) in [5.41, 5.74) is 0. The van der Waals surface area contributed by atoms with Crippen LogP contribution in [0.15, 0.2) is 0 Å². The van der Waals surface area contributed by atoms with Gasteiger partial charge in [-0.2, -0.15) is 0 Å². The van der Waals surface area contributed by atoms with Crippen LogP contribution in [0.5, 0.6) is 0 Å². The van der Waals surface area contributed by atoms with Gasteiger partial charge in [-0.05, 0) is 20.3 Å². The molecule has 0 heterocycles. The third-order valence-corrected chi connectivity index (χ3v) is 3.72. The zero-order valence-corrected chi connectivity index (χ0v) is 10.6. The van der Waals surface area contributed by atoms with Crippen molar-refractivity contribution < 1.29 is 23.6 Å². The summed E-state index contributed by atoms with van der Waals surface area (Å²) in [4.78, 5) is 21.7. The summed E-state index contributed by atoms with van der Waals surface area (Å²) >= 11 is 0. The average molecular weight is 250 g/mol. The van der Waals surface area contributed by atoms with Gasteiger partial charge in [-0.25, -0.2) is 0 Å². The first-order valence-corrected chi connectivity index (χ1v) is 6.56. The predicted octanol–water partition coefficient (Wildman–Crippen LogP) is 0.940. The van der Waals surface area contributed by atoms with Gasteiger partial charge in [0, 0.05) is 16.6 Å². The van der Waals surface area contributed by atoms with Gasteiger partial charge in [-0.15, -0.1) is 0 Å². The van der Waals surface area contributed by atoms with Crippen molar-refractivity contribution >= 4 is 22.7 Å². The summed E-state index contributed by atoms with van der Waals surface area (Å²) in [6.45, 7) is 5.12. The topological polar surface area (TPSA) is 80.7 Å². The van der Waals surface area contributed by atoms with Crippen LogP contribution >= 0.6 is 0 Å². The van der Waals surface area contributed by atoms with Gasteiger partial charge in [-0.1, -0.05) is 6.92 Å². The number of carbonyl (C=O) groups excluding carboxylic acids is 1. The Morgan fingerprint density at radius 1 is 1.38 bits per heavy atom. The third kappa shape index (κ3) is 5.85. The maximum absolute atomic E-state index is 11.5. The van der Waals surface area contributed by atoms with E-state index < -0.39 is 28.0 Å². The second-order valence-corrected chi connectivity index (χ2v) is 5.40. The first-order valence-electron chi connectivity index (χ1n) is 5.18. The number of carboxylic acid groups (broad SMARTS) is 1. The minimum Gasteiger partial charge on any atom is -0.481 e. The van der Waals surface area contributed by atoms with Gasteiger partial charge in [0.05, 0.1) is 12.5 Å². The smallest absolute Gasteiger partial charge is 0.321 e. The molecule has 0 saturated carbocycles. The largest absolute Gasteiger partial charge is 0.481 e. The maximum Gasteiger partial charge on any atom is 0.321 e. The van der Waals surface area contributed by atoms with Crippen LogP contribution in [0.4, 0.5) is 0 Å². The number of hydrogen-bond acceptors (Lipinski definition) is 4. The van der Waals surface area contributed by atoms with Gasteiger partial charge < -0.3 is 9.84 Å². The Morgan fingerprint density at radius 3 is 2.38 bits per heavy atom. The summed E-state index contributed by atoms with van der Waals surface area (Å²) in [6, 6.07) is 0. The number of carboxylic acids is 1. The van der Waals surface area contributed by atoms with Crippen LogP contribution in [-0.2, 0) is 25.1 Å². The number of esters is 1. The fourth-order valence-corrected chi connectivity index (χ4v) is 1.85. The zero-order valence-electron chi connectivity index (χ0n) is 9.76. The highest BCUT2D eigenvalue weighted by Gasteiger charge is 2.23. The lowest BCUT2D eigenvalue weighted by molar-refractivity contribution is -0.147. The lowest BCUT2D eigenvalue weighted by Crippen LogP contribution is -2.29. The standard InChI is InChI=1S/C10H18O5S/c1-4-7(2)15-10(13)8(3)16(14)6-5-9(11)12/h7-8H,4-6H2,1-3H3,(H,11,12). The molecule has 0 aromatic heterocycles. The van der Waals surface area contributed by atoms with Crippen LogP contribution in [-0.4, -0.2) is 38.4 Å². The molecule has 0 rings (SSSR count). The highest BCUT2D eigenvalue weighted by Crippen LogP contribution is 2.05. The molecule has 0 spiro atoms. The molecule has 0 aromatic carbocycles. The Balaban J connectivity index is 4.11. The molecule has 0 saturated heterocycles.